The van der Waals surface area contributed by atoms with Crippen LogP contribution < -0.4 is 5.32 Å². The molecule has 0 radical (unpaired) electrons. The zero-order chi connectivity index (χ0) is 16.4. The molecule has 1 heterocycles. The van der Waals surface area contributed by atoms with Crippen LogP contribution in [-0.2, 0) is 13.0 Å². The van der Waals surface area contributed by atoms with Gasteiger partial charge in [-0.15, -0.1) is 0 Å². The first-order valence-corrected chi connectivity index (χ1v) is 7.95. The average Bonchev–Trinajstić information content (AvgIpc) is 2.52. The van der Waals surface area contributed by atoms with E-state index in [-0.39, 0.29) is 11.9 Å². The summed E-state index contributed by atoms with van der Waals surface area (Å²) in [6.45, 7) is 1.34. The second-order valence-electron chi connectivity index (χ2n) is 5.95. The van der Waals surface area contributed by atoms with Crippen molar-refractivity contribution in [2.45, 2.75) is 19.0 Å². The number of carbonyl (C=O) groups excluding carboxylic acids is 1. The van der Waals surface area contributed by atoms with E-state index in [1.54, 1.807) is 30.3 Å². The van der Waals surface area contributed by atoms with Gasteiger partial charge >= 0.3 is 0 Å². The molecule has 5 heteroatoms. The number of likely N-dealkylation sites (N-methyl/N-ethyl adjacent to an activating group) is 1. The van der Waals surface area contributed by atoms with Crippen molar-refractivity contribution in [1.82, 2.24) is 10.2 Å². The van der Waals surface area contributed by atoms with Crippen LogP contribution >= 0.6 is 11.6 Å². The number of hydrogen-bond donors (Lipinski definition) is 2. The lowest BCUT2D eigenvalue weighted by molar-refractivity contribution is 0.0934. The molecule has 1 aliphatic heterocycles. The quantitative estimate of drug-likeness (QED) is 0.910. The molecular weight excluding hydrogens is 312 g/mol. The van der Waals surface area contributed by atoms with Gasteiger partial charge in [0.05, 0.1) is 0 Å². The summed E-state index contributed by atoms with van der Waals surface area (Å²) in [5, 5.41) is 13.1. The summed E-state index contributed by atoms with van der Waals surface area (Å²) >= 11 is 5.92. The molecule has 0 aliphatic carbocycles. The third-order valence-electron chi connectivity index (χ3n) is 4.27. The Labute approximate surface area is 140 Å². The van der Waals surface area contributed by atoms with Crippen LogP contribution in [0.15, 0.2) is 42.5 Å². The lowest BCUT2D eigenvalue weighted by atomic mass is 9.94. The summed E-state index contributed by atoms with van der Waals surface area (Å²) in [5.41, 5.74) is 2.94. The van der Waals surface area contributed by atoms with Crippen molar-refractivity contribution < 1.29 is 9.90 Å². The van der Waals surface area contributed by atoms with Crippen LogP contribution in [0.1, 0.15) is 21.5 Å². The van der Waals surface area contributed by atoms with Crippen LogP contribution in [0.4, 0.5) is 0 Å². The van der Waals surface area contributed by atoms with Gasteiger partial charge in [-0.05, 0) is 54.9 Å². The van der Waals surface area contributed by atoms with Gasteiger partial charge in [0.1, 0.15) is 5.75 Å². The summed E-state index contributed by atoms with van der Waals surface area (Å²) < 4.78 is 0. The Morgan fingerprint density at radius 3 is 2.91 bits per heavy atom. The highest BCUT2D eigenvalue weighted by Crippen LogP contribution is 2.25. The van der Waals surface area contributed by atoms with Gasteiger partial charge in [0.25, 0.3) is 5.91 Å². The van der Waals surface area contributed by atoms with Gasteiger partial charge in [-0.25, -0.2) is 0 Å². The lowest BCUT2D eigenvalue weighted by Gasteiger charge is -2.34. The molecule has 0 aromatic heterocycles. The molecule has 1 aliphatic rings. The first kappa shape index (κ1) is 15.8. The summed E-state index contributed by atoms with van der Waals surface area (Å²) in [6.07, 6.45) is 0.849. The van der Waals surface area contributed by atoms with Gasteiger partial charge in [-0.2, -0.15) is 0 Å². The normalized spacial score (nSPS) is 17.6. The van der Waals surface area contributed by atoms with Crippen LogP contribution in [0.5, 0.6) is 5.75 Å². The highest BCUT2D eigenvalue weighted by atomic mass is 35.5. The molecule has 0 saturated heterocycles. The average molecular weight is 331 g/mol. The minimum absolute atomic E-state index is 0.114. The van der Waals surface area contributed by atoms with Crippen LogP contribution in [-0.4, -0.2) is 35.5 Å². The van der Waals surface area contributed by atoms with Crippen molar-refractivity contribution >= 4 is 17.5 Å². The van der Waals surface area contributed by atoms with Gasteiger partial charge in [0.15, 0.2) is 0 Å². The summed E-state index contributed by atoms with van der Waals surface area (Å²) in [5.74, 6) is 0.183. The molecule has 23 heavy (non-hydrogen) atoms. The van der Waals surface area contributed by atoms with E-state index >= 15 is 0 Å². The van der Waals surface area contributed by atoms with Gasteiger partial charge in [-0.3, -0.25) is 9.69 Å². The van der Waals surface area contributed by atoms with Gasteiger partial charge in [-0.1, -0.05) is 23.7 Å². The third kappa shape index (κ3) is 3.66. The van der Waals surface area contributed by atoms with Crippen molar-refractivity contribution in [2.24, 2.45) is 0 Å². The number of nitrogens with zero attached hydrogens (tertiary/aromatic N) is 1. The predicted octanol–water partition coefficient (Wildman–Crippen LogP) is 2.83. The Morgan fingerprint density at radius 1 is 1.30 bits per heavy atom. The Kier molecular flexibility index (Phi) is 4.55. The van der Waals surface area contributed by atoms with Crippen LogP contribution in [0, 0.1) is 0 Å². The van der Waals surface area contributed by atoms with Gasteiger partial charge < -0.3 is 10.4 Å². The van der Waals surface area contributed by atoms with Crippen LogP contribution in [0.2, 0.25) is 5.02 Å². The number of phenols is 1. The topological polar surface area (TPSA) is 52.6 Å². The Morgan fingerprint density at radius 2 is 2.13 bits per heavy atom. The number of benzene rings is 2. The van der Waals surface area contributed by atoms with Crippen LogP contribution in [0.3, 0.4) is 0 Å². The maximum absolute atomic E-state index is 12.2. The third-order valence-corrected chi connectivity index (χ3v) is 4.51. The standard InChI is InChI=1S/C18H19ClN2O2/c1-21-11-14-9-17(22)6-5-12(14)8-16(21)10-20-18(23)13-3-2-4-15(19)7-13/h2-7,9,16,22H,8,10-11H2,1H3,(H,20,23). The fourth-order valence-corrected chi connectivity index (χ4v) is 3.13. The zero-order valence-electron chi connectivity index (χ0n) is 12.9. The second kappa shape index (κ2) is 6.60. The first-order chi connectivity index (χ1) is 11.0. The molecule has 0 fully saturated rings. The van der Waals surface area contributed by atoms with Crippen LogP contribution in [0.25, 0.3) is 0 Å². The number of halogens is 1. The van der Waals surface area contributed by atoms with E-state index in [2.05, 4.69) is 10.2 Å². The van der Waals surface area contributed by atoms with Gasteiger partial charge in [0, 0.05) is 29.7 Å². The van der Waals surface area contributed by atoms with Crippen molar-refractivity contribution in [3.8, 4) is 5.75 Å². The minimum Gasteiger partial charge on any atom is -0.508 e. The Balaban J connectivity index is 1.64. The number of hydrogen-bond acceptors (Lipinski definition) is 3. The van der Waals surface area contributed by atoms with E-state index in [9.17, 15) is 9.90 Å². The Hall–Kier alpha value is -2.04. The molecule has 1 unspecified atom stereocenters. The minimum atomic E-state index is -0.114. The largest absolute Gasteiger partial charge is 0.508 e. The lowest BCUT2D eigenvalue weighted by Crippen LogP contribution is -2.45. The van der Waals surface area contributed by atoms with Gasteiger partial charge in [0.2, 0.25) is 0 Å². The summed E-state index contributed by atoms with van der Waals surface area (Å²) in [4.78, 5) is 14.4. The van der Waals surface area contributed by atoms with Crippen molar-refractivity contribution in [3.63, 3.8) is 0 Å². The molecular formula is C18H19ClN2O2. The first-order valence-electron chi connectivity index (χ1n) is 7.57. The van der Waals surface area contributed by atoms with E-state index in [0.717, 1.165) is 18.5 Å². The molecule has 0 saturated carbocycles. The number of nitrogens with one attached hydrogen (secondary N) is 1. The monoisotopic (exact) mass is 330 g/mol. The number of amides is 1. The van der Waals surface area contributed by atoms with Crippen molar-refractivity contribution in [2.75, 3.05) is 13.6 Å². The number of phenolic OH excluding ortho intramolecular Hbond substituents is 1. The van der Waals surface area contributed by atoms with E-state index in [1.165, 1.54) is 5.56 Å². The molecule has 1 amide bonds. The Bertz CT molecular complexity index is 733. The van der Waals surface area contributed by atoms with E-state index < -0.39 is 0 Å². The SMILES string of the molecule is CN1Cc2cc(O)ccc2CC1CNC(=O)c1cccc(Cl)c1. The molecule has 1 atom stereocenters. The van der Waals surface area contributed by atoms with E-state index in [4.69, 9.17) is 11.6 Å². The zero-order valence-corrected chi connectivity index (χ0v) is 13.7. The molecule has 3 rings (SSSR count). The van der Waals surface area contributed by atoms with Crippen molar-refractivity contribution in [3.05, 3.63) is 64.2 Å². The molecule has 2 aromatic rings. The molecule has 2 aromatic carbocycles. The molecule has 0 spiro atoms. The second-order valence-corrected chi connectivity index (χ2v) is 6.38. The fourth-order valence-electron chi connectivity index (χ4n) is 2.94. The molecule has 0 bridgehead atoms. The molecule has 120 valence electrons. The molecule has 4 nitrogen and oxygen atoms in total. The van der Waals surface area contributed by atoms with Crippen molar-refractivity contribution in [1.29, 1.82) is 0 Å². The number of carbonyl (C=O) groups is 1. The number of aromatic hydroxyl groups is 1. The maximum Gasteiger partial charge on any atom is 0.251 e. The highest BCUT2D eigenvalue weighted by molar-refractivity contribution is 6.30. The predicted molar refractivity (Wildman–Crippen MR) is 90.9 cm³/mol. The summed E-state index contributed by atoms with van der Waals surface area (Å²) in [7, 11) is 2.03. The van der Waals surface area contributed by atoms with E-state index in [1.807, 2.05) is 19.2 Å². The number of rotatable bonds is 3. The smallest absolute Gasteiger partial charge is 0.251 e. The highest BCUT2D eigenvalue weighted by Gasteiger charge is 2.24. The van der Waals surface area contributed by atoms with E-state index in [0.29, 0.717) is 22.9 Å². The summed E-state index contributed by atoms with van der Waals surface area (Å²) in [6, 6.07) is 12.7. The maximum atomic E-state index is 12.2. The number of fused-ring (bicyclic) bond motifs is 1. The molecule has 2 N–H and O–H groups in total. The fraction of sp³-hybridized carbons (Fsp3) is 0.278.